The smallest absolute Gasteiger partial charge is 0.237 e. The fraction of sp³-hybridized carbons (Fsp3) is 0.667. The topological polar surface area (TPSA) is 75.4 Å². The minimum atomic E-state index is -0.612. The molecule has 0 heterocycles. The van der Waals surface area contributed by atoms with E-state index in [-0.39, 0.29) is 18.9 Å². The van der Waals surface area contributed by atoms with E-state index in [0.29, 0.717) is 13.0 Å². The van der Waals surface area contributed by atoms with Crippen LogP contribution in [-0.2, 0) is 4.79 Å². The van der Waals surface area contributed by atoms with E-state index in [4.69, 9.17) is 17.3 Å². The first-order chi connectivity index (χ1) is 6.22. The standard InChI is InChI=1S/C9H16N2O2/c1-2-5-8(10)9(13)11-6-3-4-7-12/h1,8,12H,3-7,10H2,(H,11,13). The molecule has 0 rings (SSSR count). The van der Waals surface area contributed by atoms with Crippen LogP contribution in [0, 0.1) is 12.3 Å². The molecule has 0 aliphatic carbocycles. The number of carbonyl (C=O) groups excluding carboxylic acids is 1. The summed E-state index contributed by atoms with van der Waals surface area (Å²) in [5.74, 6) is 2.10. The van der Waals surface area contributed by atoms with Gasteiger partial charge in [-0.15, -0.1) is 12.3 Å². The predicted octanol–water partition coefficient (Wildman–Crippen LogP) is -0.774. The molecule has 0 aliphatic rings. The first-order valence-electron chi connectivity index (χ1n) is 4.30. The Morgan fingerprint density at radius 1 is 1.62 bits per heavy atom. The van der Waals surface area contributed by atoms with Crippen LogP contribution >= 0.6 is 0 Å². The molecule has 4 heteroatoms. The van der Waals surface area contributed by atoms with Crippen LogP contribution in [0.5, 0.6) is 0 Å². The van der Waals surface area contributed by atoms with Crippen molar-refractivity contribution < 1.29 is 9.90 Å². The molecule has 1 amide bonds. The minimum absolute atomic E-state index is 0.145. The average molecular weight is 184 g/mol. The van der Waals surface area contributed by atoms with E-state index < -0.39 is 6.04 Å². The molecule has 0 aromatic heterocycles. The Balaban J connectivity index is 3.45. The van der Waals surface area contributed by atoms with Crippen molar-refractivity contribution >= 4 is 5.91 Å². The Morgan fingerprint density at radius 2 is 2.31 bits per heavy atom. The Morgan fingerprint density at radius 3 is 2.85 bits per heavy atom. The number of nitrogens with two attached hydrogens (primary N) is 1. The number of aliphatic hydroxyl groups excluding tert-OH is 1. The van der Waals surface area contributed by atoms with E-state index in [0.717, 1.165) is 6.42 Å². The van der Waals surface area contributed by atoms with Gasteiger partial charge in [0, 0.05) is 19.6 Å². The number of rotatable bonds is 6. The van der Waals surface area contributed by atoms with E-state index in [9.17, 15) is 4.79 Å². The lowest BCUT2D eigenvalue weighted by Crippen LogP contribution is -2.40. The SMILES string of the molecule is C#CCC(N)C(=O)NCCCCO. The molecule has 1 unspecified atom stereocenters. The molecule has 0 aromatic rings. The molecule has 74 valence electrons. The molecule has 13 heavy (non-hydrogen) atoms. The molecular weight excluding hydrogens is 168 g/mol. The monoisotopic (exact) mass is 184 g/mol. The van der Waals surface area contributed by atoms with Crippen LogP contribution in [0.2, 0.25) is 0 Å². The number of aliphatic hydroxyl groups is 1. The summed E-state index contributed by atoms with van der Waals surface area (Å²) in [6.45, 7) is 0.684. The van der Waals surface area contributed by atoms with Crippen LogP contribution < -0.4 is 11.1 Å². The third kappa shape index (κ3) is 6.14. The summed E-state index contributed by atoms with van der Waals surface area (Å²) in [6, 6.07) is -0.612. The first-order valence-corrected chi connectivity index (χ1v) is 4.30. The van der Waals surface area contributed by atoms with E-state index >= 15 is 0 Å². The summed E-state index contributed by atoms with van der Waals surface area (Å²) < 4.78 is 0. The number of hydrogen-bond donors (Lipinski definition) is 3. The van der Waals surface area contributed by atoms with Gasteiger partial charge in [-0.25, -0.2) is 0 Å². The molecule has 4 nitrogen and oxygen atoms in total. The zero-order valence-electron chi connectivity index (χ0n) is 7.62. The van der Waals surface area contributed by atoms with Crippen LogP contribution in [0.25, 0.3) is 0 Å². The second-order valence-electron chi connectivity index (χ2n) is 2.74. The van der Waals surface area contributed by atoms with Crippen LogP contribution in [0.15, 0.2) is 0 Å². The van der Waals surface area contributed by atoms with Crippen molar-refractivity contribution in [2.45, 2.75) is 25.3 Å². The quantitative estimate of drug-likeness (QED) is 0.374. The van der Waals surface area contributed by atoms with Crippen molar-refractivity contribution in [1.82, 2.24) is 5.32 Å². The van der Waals surface area contributed by atoms with Gasteiger partial charge in [-0.3, -0.25) is 4.79 Å². The fourth-order valence-electron chi connectivity index (χ4n) is 0.799. The second-order valence-corrected chi connectivity index (χ2v) is 2.74. The lowest BCUT2D eigenvalue weighted by atomic mass is 10.2. The van der Waals surface area contributed by atoms with Gasteiger partial charge in [0.2, 0.25) is 5.91 Å². The summed E-state index contributed by atoms with van der Waals surface area (Å²) >= 11 is 0. The van der Waals surface area contributed by atoms with Crippen LogP contribution in [0.3, 0.4) is 0 Å². The molecule has 4 N–H and O–H groups in total. The van der Waals surface area contributed by atoms with Gasteiger partial charge >= 0.3 is 0 Å². The minimum Gasteiger partial charge on any atom is -0.396 e. The largest absolute Gasteiger partial charge is 0.396 e. The highest BCUT2D eigenvalue weighted by molar-refractivity contribution is 5.81. The maximum absolute atomic E-state index is 11.1. The molecular formula is C9H16N2O2. The maximum atomic E-state index is 11.1. The number of hydrogen-bond acceptors (Lipinski definition) is 3. The molecule has 0 aromatic carbocycles. The Labute approximate surface area is 78.5 Å². The molecule has 0 spiro atoms. The fourth-order valence-corrected chi connectivity index (χ4v) is 0.799. The summed E-state index contributed by atoms with van der Waals surface area (Å²) in [7, 11) is 0. The highest BCUT2D eigenvalue weighted by Gasteiger charge is 2.10. The van der Waals surface area contributed by atoms with Crippen molar-refractivity contribution in [2.75, 3.05) is 13.2 Å². The summed E-state index contributed by atoms with van der Waals surface area (Å²) in [5, 5.41) is 11.1. The van der Waals surface area contributed by atoms with Crippen molar-refractivity contribution in [1.29, 1.82) is 0 Å². The Hall–Kier alpha value is -1.05. The third-order valence-electron chi connectivity index (χ3n) is 1.56. The van der Waals surface area contributed by atoms with Gasteiger partial charge in [0.1, 0.15) is 0 Å². The van der Waals surface area contributed by atoms with Gasteiger partial charge in [-0.1, -0.05) is 0 Å². The van der Waals surface area contributed by atoms with Gasteiger partial charge in [0.25, 0.3) is 0 Å². The normalized spacial score (nSPS) is 11.8. The molecule has 0 radical (unpaired) electrons. The molecule has 0 fully saturated rings. The predicted molar refractivity (Wildman–Crippen MR) is 50.8 cm³/mol. The van der Waals surface area contributed by atoms with Crippen LogP contribution in [-0.4, -0.2) is 30.2 Å². The average Bonchev–Trinajstić information content (AvgIpc) is 2.12. The van der Waals surface area contributed by atoms with Crippen molar-refractivity contribution in [3.05, 3.63) is 0 Å². The highest BCUT2D eigenvalue weighted by Crippen LogP contribution is 1.88. The second kappa shape index (κ2) is 7.59. The summed E-state index contributed by atoms with van der Waals surface area (Å²) in [5.41, 5.74) is 5.44. The third-order valence-corrected chi connectivity index (χ3v) is 1.56. The van der Waals surface area contributed by atoms with Crippen LogP contribution in [0.1, 0.15) is 19.3 Å². The zero-order chi connectivity index (χ0) is 10.1. The maximum Gasteiger partial charge on any atom is 0.237 e. The lowest BCUT2D eigenvalue weighted by Gasteiger charge is -2.08. The van der Waals surface area contributed by atoms with Gasteiger partial charge in [-0.2, -0.15) is 0 Å². The van der Waals surface area contributed by atoms with Crippen molar-refractivity contribution in [3.8, 4) is 12.3 Å². The number of terminal acetylenes is 1. The highest BCUT2D eigenvalue weighted by atomic mass is 16.2. The van der Waals surface area contributed by atoms with Crippen molar-refractivity contribution in [3.63, 3.8) is 0 Å². The molecule has 0 bridgehead atoms. The van der Waals surface area contributed by atoms with Crippen LogP contribution in [0.4, 0.5) is 0 Å². The van der Waals surface area contributed by atoms with E-state index in [1.54, 1.807) is 0 Å². The van der Waals surface area contributed by atoms with Gasteiger partial charge < -0.3 is 16.2 Å². The number of carbonyl (C=O) groups is 1. The molecule has 0 saturated heterocycles. The molecule has 1 atom stereocenters. The summed E-state index contributed by atoms with van der Waals surface area (Å²) in [4.78, 5) is 11.1. The van der Waals surface area contributed by atoms with E-state index in [2.05, 4.69) is 11.2 Å². The van der Waals surface area contributed by atoms with E-state index in [1.807, 2.05) is 0 Å². The Bertz CT molecular complexity index is 187. The zero-order valence-corrected chi connectivity index (χ0v) is 7.62. The Kier molecular flexibility index (Phi) is 6.98. The van der Waals surface area contributed by atoms with Gasteiger partial charge in [0.05, 0.1) is 6.04 Å². The van der Waals surface area contributed by atoms with Gasteiger partial charge in [-0.05, 0) is 12.8 Å². The number of amides is 1. The molecule has 0 aliphatic heterocycles. The van der Waals surface area contributed by atoms with E-state index in [1.165, 1.54) is 0 Å². The summed E-state index contributed by atoms with van der Waals surface area (Å²) in [6.07, 6.45) is 6.70. The van der Waals surface area contributed by atoms with Gasteiger partial charge in [0.15, 0.2) is 0 Å². The lowest BCUT2D eigenvalue weighted by molar-refractivity contribution is -0.122. The number of nitrogens with one attached hydrogen (secondary N) is 1. The first kappa shape index (κ1) is 11.9. The van der Waals surface area contributed by atoms with Crippen molar-refractivity contribution in [2.24, 2.45) is 5.73 Å². The molecule has 0 saturated carbocycles. The number of unbranched alkanes of at least 4 members (excludes halogenated alkanes) is 1.